The first kappa shape index (κ1) is 16.1. The maximum absolute atomic E-state index is 12.8. The molecule has 7 heteroatoms. The Bertz CT molecular complexity index is 926. The Hall–Kier alpha value is -2.34. The molecule has 1 aliphatic rings. The zero-order valence-electron chi connectivity index (χ0n) is 14.2. The summed E-state index contributed by atoms with van der Waals surface area (Å²) in [6, 6.07) is 6.10. The molecule has 1 unspecified atom stereocenters. The summed E-state index contributed by atoms with van der Waals surface area (Å²) in [5.74, 6) is 0.868. The number of likely N-dealkylation sites (tertiary alicyclic amines) is 1. The van der Waals surface area contributed by atoms with Gasteiger partial charge in [0.25, 0.3) is 0 Å². The van der Waals surface area contributed by atoms with Crippen molar-refractivity contribution in [2.24, 2.45) is 0 Å². The Labute approximate surface area is 150 Å². The van der Waals surface area contributed by atoms with Gasteiger partial charge in [-0.3, -0.25) is 4.79 Å². The molecule has 1 N–H and O–H groups in total. The van der Waals surface area contributed by atoms with Crippen LogP contribution in [0.4, 0.5) is 0 Å². The minimum atomic E-state index is -0.0286. The lowest BCUT2D eigenvalue weighted by molar-refractivity contribution is -0.131. The van der Waals surface area contributed by atoms with Crippen LogP contribution in [0.25, 0.3) is 11.0 Å². The molecule has 1 atom stereocenters. The van der Waals surface area contributed by atoms with E-state index < -0.39 is 0 Å². The number of aryl methyl sites for hydroxylation is 2. The molecule has 1 saturated heterocycles. The number of H-pyrrole nitrogens is 1. The minimum absolute atomic E-state index is 0.0207. The van der Waals surface area contributed by atoms with E-state index >= 15 is 0 Å². The highest BCUT2D eigenvalue weighted by Gasteiger charge is 2.33. The Balaban J connectivity index is 1.60. The van der Waals surface area contributed by atoms with Crippen LogP contribution < -0.4 is 0 Å². The summed E-state index contributed by atoms with van der Waals surface area (Å²) in [6.07, 6.45) is 2.06. The summed E-state index contributed by atoms with van der Waals surface area (Å²) in [5, 5.41) is 4.01. The molecule has 0 bridgehead atoms. The van der Waals surface area contributed by atoms with Gasteiger partial charge in [0, 0.05) is 12.1 Å². The number of carbonyl (C=O) groups excluding carboxylic acids is 1. The van der Waals surface area contributed by atoms with Crippen LogP contribution in [0.3, 0.4) is 0 Å². The predicted molar refractivity (Wildman–Crippen MR) is 94.5 cm³/mol. The smallest absolute Gasteiger partial charge is 0.229 e. The Morgan fingerprint density at radius 1 is 1.44 bits per heavy atom. The molecule has 25 heavy (non-hydrogen) atoms. The van der Waals surface area contributed by atoms with Crippen LogP contribution in [0.5, 0.6) is 0 Å². The fourth-order valence-corrected chi connectivity index (χ4v) is 3.70. The van der Waals surface area contributed by atoms with Gasteiger partial charge in [-0.25, -0.2) is 4.98 Å². The second-order valence-electron chi connectivity index (χ2n) is 6.58. The molecule has 1 aromatic carbocycles. The van der Waals surface area contributed by atoms with E-state index in [0.29, 0.717) is 11.3 Å². The lowest BCUT2D eigenvalue weighted by Crippen LogP contribution is -2.32. The van der Waals surface area contributed by atoms with Crippen LogP contribution >= 0.6 is 11.6 Å². The number of hydrogen-bond acceptors (Lipinski definition) is 4. The fourth-order valence-electron chi connectivity index (χ4n) is 3.46. The number of aromatic nitrogens is 3. The van der Waals surface area contributed by atoms with Gasteiger partial charge in [0.05, 0.1) is 29.2 Å². The molecule has 0 spiro atoms. The number of imidazole rings is 1. The number of carbonyl (C=O) groups is 1. The number of halogens is 1. The summed E-state index contributed by atoms with van der Waals surface area (Å²) >= 11 is 6.00. The van der Waals surface area contributed by atoms with Crippen molar-refractivity contribution in [1.29, 1.82) is 0 Å². The van der Waals surface area contributed by atoms with E-state index in [1.807, 2.05) is 17.0 Å². The first-order valence-corrected chi connectivity index (χ1v) is 8.77. The number of nitrogens with zero attached hydrogens (tertiary/aromatic N) is 3. The molecule has 0 aliphatic carbocycles. The summed E-state index contributed by atoms with van der Waals surface area (Å²) in [5.41, 5.74) is 4.44. The quantitative estimate of drug-likeness (QED) is 0.774. The Kier molecular flexibility index (Phi) is 4.00. The van der Waals surface area contributed by atoms with E-state index in [1.165, 1.54) is 5.56 Å². The van der Waals surface area contributed by atoms with Crippen molar-refractivity contribution in [1.82, 2.24) is 20.0 Å². The van der Waals surface area contributed by atoms with Crippen molar-refractivity contribution in [3.63, 3.8) is 0 Å². The molecule has 1 amide bonds. The molecular formula is C18H19ClN4O2. The van der Waals surface area contributed by atoms with Gasteiger partial charge in [-0.05, 0) is 56.0 Å². The number of aromatic amines is 1. The van der Waals surface area contributed by atoms with Gasteiger partial charge in [0.2, 0.25) is 11.1 Å². The van der Waals surface area contributed by atoms with Crippen molar-refractivity contribution >= 4 is 28.5 Å². The third-order valence-electron chi connectivity index (χ3n) is 4.81. The lowest BCUT2D eigenvalue weighted by atomic mass is 10.1. The van der Waals surface area contributed by atoms with Crippen LogP contribution in [0.1, 0.15) is 41.5 Å². The van der Waals surface area contributed by atoms with Crippen molar-refractivity contribution in [2.75, 3.05) is 6.54 Å². The van der Waals surface area contributed by atoms with Gasteiger partial charge in [-0.15, -0.1) is 0 Å². The zero-order chi connectivity index (χ0) is 17.6. The first-order chi connectivity index (χ1) is 12.0. The highest BCUT2D eigenvalue weighted by Crippen LogP contribution is 2.32. The van der Waals surface area contributed by atoms with E-state index in [9.17, 15) is 4.79 Å². The van der Waals surface area contributed by atoms with E-state index in [1.54, 1.807) is 6.92 Å². The molecule has 130 valence electrons. The molecule has 1 fully saturated rings. The van der Waals surface area contributed by atoms with Crippen LogP contribution in [0, 0.1) is 13.8 Å². The van der Waals surface area contributed by atoms with Crippen LogP contribution in [-0.4, -0.2) is 32.5 Å². The molecule has 3 heterocycles. The monoisotopic (exact) mass is 358 g/mol. The molecule has 2 aromatic heterocycles. The second kappa shape index (κ2) is 6.19. The maximum atomic E-state index is 12.8. The van der Waals surface area contributed by atoms with Gasteiger partial charge in [-0.1, -0.05) is 11.2 Å². The number of nitrogens with one attached hydrogen (secondary N) is 1. The Morgan fingerprint density at radius 3 is 3.04 bits per heavy atom. The average Bonchev–Trinajstić information content (AvgIpc) is 3.28. The third-order valence-corrected chi connectivity index (χ3v) is 5.11. The molecular weight excluding hydrogens is 340 g/mol. The largest absolute Gasteiger partial charge is 0.344 e. The summed E-state index contributed by atoms with van der Waals surface area (Å²) in [7, 11) is 0. The van der Waals surface area contributed by atoms with Gasteiger partial charge >= 0.3 is 0 Å². The lowest BCUT2D eigenvalue weighted by Gasteiger charge is -2.23. The first-order valence-electron chi connectivity index (χ1n) is 8.39. The molecule has 0 saturated carbocycles. The van der Waals surface area contributed by atoms with E-state index in [2.05, 4.69) is 23.1 Å². The number of rotatable bonds is 3. The number of hydrogen-bond donors (Lipinski definition) is 1. The van der Waals surface area contributed by atoms with E-state index in [-0.39, 0.29) is 23.6 Å². The SMILES string of the molecule is Cc1ccc2nc(C3CCCN3C(=O)Cc3c(C)noc3Cl)[nH]c2c1. The van der Waals surface area contributed by atoms with Gasteiger partial charge in [0.15, 0.2) is 0 Å². The summed E-state index contributed by atoms with van der Waals surface area (Å²) < 4.78 is 4.95. The maximum Gasteiger partial charge on any atom is 0.229 e. The second-order valence-corrected chi connectivity index (χ2v) is 6.93. The number of amides is 1. The van der Waals surface area contributed by atoms with Gasteiger partial charge in [-0.2, -0.15) is 0 Å². The van der Waals surface area contributed by atoms with Crippen LogP contribution in [0.2, 0.25) is 5.22 Å². The van der Waals surface area contributed by atoms with Crippen molar-refractivity contribution < 1.29 is 9.32 Å². The normalized spacial score (nSPS) is 17.6. The average molecular weight is 359 g/mol. The molecule has 4 rings (SSSR count). The predicted octanol–water partition coefficient (Wildman–Crippen LogP) is 3.73. The topological polar surface area (TPSA) is 75.0 Å². The molecule has 0 radical (unpaired) electrons. The van der Waals surface area contributed by atoms with Crippen molar-refractivity contribution in [3.05, 3.63) is 46.1 Å². The Morgan fingerprint density at radius 2 is 2.28 bits per heavy atom. The highest BCUT2D eigenvalue weighted by atomic mass is 35.5. The zero-order valence-corrected chi connectivity index (χ0v) is 14.9. The van der Waals surface area contributed by atoms with Gasteiger partial charge in [0.1, 0.15) is 5.82 Å². The van der Waals surface area contributed by atoms with Crippen LogP contribution in [-0.2, 0) is 11.2 Å². The summed E-state index contributed by atoms with van der Waals surface area (Å²) in [4.78, 5) is 22.8. The van der Waals surface area contributed by atoms with E-state index in [0.717, 1.165) is 36.2 Å². The number of benzene rings is 1. The third kappa shape index (κ3) is 2.91. The van der Waals surface area contributed by atoms with Crippen molar-refractivity contribution in [2.45, 2.75) is 39.2 Å². The molecule has 1 aliphatic heterocycles. The summed E-state index contributed by atoms with van der Waals surface area (Å²) in [6.45, 7) is 4.57. The van der Waals surface area contributed by atoms with E-state index in [4.69, 9.17) is 21.1 Å². The molecule has 6 nitrogen and oxygen atoms in total. The van der Waals surface area contributed by atoms with Crippen LogP contribution in [0.15, 0.2) is 22.7 Å². The minimum Gasteiger partial charge on any atom is -0.344 e. The fraction of sp³-hybridized carbons (Fsp3) is 0.389. The van der Waals surface area contributed by atoms with Crippen molar-refractivity contribution in [3.8, 4) is 0 Å². The highest BCUT2D eigenvalue weighted by molar-refractivity contribution is 6.29. The van der Waals surface area contributed by atoms with Gasteiger partial charge < -0.3 is 14.4 Å². The standard InChI is InChI=1S/C18H19ClN4O2/c1-10-5-6-13-14(8-10)21-18(20-13)15-4-3-7-23(15)16(24)9-12-11(2)22-25-17(12)19/h5-6,8,15H,3-4,7,9H2,1-2H3,(H,20,21). The number of fused-ring (bicyclic) bond motifs is 1. The molecule has 3 aromatic rings.